The van der Waals surface area contributed by atoms with Crippen LogP contribution in [0.2, 0.25) is 0 Å². The van der Waals surface area contributed by atoms with Gasteiger partial charge in [0, 0.05) is 39.4 Å². The van der Waals surface area contributed by atoms with Crippen molar-refractivity contribution in [2.45, 2.75) is 19.0 Å². The summed E-state index contributed by atoms with van der Waals surface area (Å²) in [7, 11) is 3.99. The van der Waals surface area contributed by atoms with Gasteiger partial charge in [-0.15, -0.1) is 0 Å². The van der Waals surface area contributed by atoms with Crippen molar-refractivity contribution in [1.82, 2.24) is 10.2 Å². The molecular formula is C28H29N5O2. The van der Waals surface area contributed by atoms with Crippen LogP contribution in [-0.4, -0.2) is 43.9 Å². The van der Waals surface area contributed by atoms with Gasteiger partial charge in [-0.05, 0) is 47.4 Å². The number of rotatable bonds is 6. The smallest absolute Gasteiger partial charge is 0.313 e. The lowest BCUT2D eigenvalue weighted by atomic mass is 9.96. The molecule has 1 aliphatic rings. The highest BCUT2D eigenvalue weighted by atomic mass is 16.2. The minimum absolute atomic E-state index is 0.0947. The van der Waals surface area contributed by atoms with Gasteiger partial charge >= 0.3 is 11.8 Å². The quantitative estimate of drug-likeness (QED) is 0.542. The van der Waals surface area contributed by atoms with Crippen molar-refractivity contribution in [2.24, 2.45) is 0 Å². The van der Waals surface area contributed by atoms with Gasteiger partial charge in [0.1, 0.15) is 6.07 Å². The maximum Gasteiger partial charge on any atom is 0.313 e. The Morgan fingerprint density at radius 3 is 2.37 bits per heavy atom. The van der Waals surface area contributed by atoms with Gasteiger partial charge in [-0.2, -0.15) is 5.26 Å². The maximum atomic E-state index is 12.7. The van der Waals surface area contributed by atoms with Crippen LogP contribution >= 0.6 is 0 Å². The van der Waals surface area contributed by atoms with Crippen molar-refractivity contribution in [3.8, 4) is 6.07 Å². The summed E-state index contributed by atoms with van der Waals surface area (Å²) in [6, 6.07) is 25.2. The number of hydrogen-bond acceptors (Lipinski definition) is 5. The topological polar surface area (TPSA) is 88.5 Å². The van der Waals surface area contributed by atoms with Crippen LogP contribution in [0.3, 0.4) is 0 Å². The summed E-state index contributed by atoms with van der Waals surface area (Å²) in [6.07, 6.45) is 0.932. The Kier molecular flexibility index (Phi) is 7.44. The van der Waals surface area contributed by atoms with Gasteiger partial charge < -0.3 is 15.5 Å². The summed E-state index contributed by atoms with van der Waals surface area (Å²) in [5.41, 5.74) is 5.43. The summed E-state index contributed by atoms with van der Waals surface area (Å²) in [5.74, 6) is -1.52. The van der Waals surface area contributed by atoms with Gasteiger partial charge in [0.05, 0.1) is 17.3 Å². The number of carbonyl (C=O) groups excluding carboxylic acids is 2. The molecule has 0 aromatic heterocycles. The molecule has 35 heavy (non-hydrogen) atoms. The second kappa shape index (κ2) is 10.9. The third-order valence-corrected chi connectivity index (χ3v) is 6.35. The fraction of sp³-hybridized carbons (Fsp3) is 0.250. The highest BCUT2D eigenvalue weighted by molar-refractivity contribution is 6.39. The predicted molar refractivity (Wildman–Crippen MR) is 137 cm³/mol. The first-order valence-corrected chi connectivity index (χ1v) is 11.6. The molecule has 3 aromatic carbocycles. The molecule has 1 aliphatic heterocycles. The summed E-state index contributed by atoms with van der Waals surface area (Å²) in [5, 5.41) is 14.6. The van der Waals surface area contributed by atoms with E-state index in [-0.39, 0.29) is 12.6 Å². The summed E-state index contributed by atoms with van der Waals surface area (Å²) in [4.78, 5) is 29.6. The van der Waals surface area contributed by atoms with E-state index in [1.54, 1.807) is 24.3 Å². The van der Waals surface area contributed by atoms with E-state index in [1.807, 2.05) is 25.1 Å². The number of para-hydroxylation sites is 1. The van der Waals surface area contributed by atoms with Crippen molar-refractivity contribution in [2.75, 3.05) is 37.4 Å². The van der Waals surface area contributed by atoms with Crippen LogP contribution in [0.5, 0.6) is 0 Å². The molecule has 0 saturated heterocycles. The molecular weight excluding hydrogens is 438 g/mol. The van der Waals surface area contributed by atoms with E-state index in [0.717, 1.165) is 30.8 Å². The van der Waals surface area contributed by atoms with Gasteiger partial charge in [0.15, 0.2) is 0 Å². The zero-order valence-corrected chi connectivity index (χ0v) is 20.0. The van der Waals surface area contributed by atoms with E-state index in [2.05, 4.69) is 64.1 Å². The van der Waals surface area contributed by atoms with Crippen LogP contribution in [0.4, 0.5) is 11.4 Å². The number of nitrogens with zero attached hydrogens (tertiary/aromatic N) is 3. The van der Waals surface area contributed by atoms with Crippen molar-refractivity contribution in [3.63, 3.8) is 0 Å². The van der Waals surface area contributed by atoms with Gasteiger partial charge in [0.25, 0.3) is 0 Å². The molecule has 2 amide bonds. The standard InChI is InChI=1S/C28H29N5O2/c1-32(2)24-13-11-21(12-14-24)26(33-16-15-20-7-3-4-9-23(20)19-33)18-30-27(34)28(35)31-25-10-6-5-8-22(25)17-29/h3-14,26H,15-16,18-19H2,1-2H3,(H,30,34)(H,31,35)/t26-/m0/s1. The predicted octanol–water partition coefficient (Wildman–Crippen LogP) is 3.48. The summed E-state index contributed by atoms with van der Waals surface area (Å²) < 4.78 is 0. The molecule has 2 N–H and O–H groups in total. The number of nitriles is 1. The first-order chi connectivity index (χ1) is 17.0. The van der Waals surface area contributed by atoms with Crippen molar-refractivity contribution in [3.05, 3.63) is 95.1 Å². The first kappa shape index (κ1) is 24.0. The Bertz CT molecular complexity index is 1250. The Labute approximate surface area is 206 Å². The Hall–Kier alpha value is -4.15. The van der Waals surface area contributed by atoms with Crippen molar-refractivity contribution < 1.29 is 9.59 Å². The van der Waals surface area contributed by atoms with Gasteiger partial charge in [-0.25, -0.2) is 0 Å². The highest BCUT2D eigenvalue weighted by Crippen LogP contribution is 2.28. The van der Waals surface area contributed by atoms with E-state index < -0.39 is 11.8 Å². The van der Waals surface area contributed by atoms with Crippen molar-refractivity contribution in [1.29, 1.82) is 5.26 Å². The molecule has 1 atom stereocenters. The van der Waals surface area contributed by atoms with E-state index in [9.17, 15) is 14.9 Å². The second-order valence-electron chi connectivity index (χ2n) is 8.81. The number of benzene rings is 3. The molecule has 1 heterocycles. The number of hydrogen-bond donors (Lipinski definition) is 2. The molecule has 0 fully saturated rings. The van der Waals surface area contributed by atoms with Crippen LogP contribution < -0.4 is 15.5 Å². The largest absolute Gasteiger partial charge is 0.378 e. The molecule has 0 spiro atoms. The second-order valence-corrected chi connectivity index (χ2v) is 8.81. The number of anilines is 2. The first-order valence-electron chi connectivity index (χ1n) is 11.6. The molecule has 4 rings (SSSR count). The lowest BCUT2D eigenvalue weighted by molar-refractivity contribution is -0.136. The minimum Gasteiger partial charge on any atom is -0.378 e. The molecule has 0 saturated carbocycles. The van der Waals surface area contributed by atoms with Gasteiger partial charge in [0.2, 0.25) is 0 Å². The molecule has 0 aliphatic carbocycles. The zero-order valence-electron chi connectivity index (χ0n) is 20.0. The lowest BCUT2D eigenvalue weighted by Crippen LogP contribution is -2.43. The third kappa shape index (κ3) is 5.68. The van der Waals surface area contributed by atoms with Crippen LogP contribution in [-0.2, 0) is 22.6 Å². The van der Waals surface area contributed by atoms with Crippen LogP contribution in [0.1, 0.15) is 28.3 Å². The maximum absolute atomic E-state index is 12.7. The molecule has 0 bridgehead atoms. The number of nitrogens with one attached hydrogen (secondary N) is 2. The summed E-state index contributed by atoms with van der Waals surface area (Å²) >= 11 is 0. The third-order valence-electron chi connectivity index (χ3n) is 6.35. The average Bonchev–Trinajstić information content (AvgIpc) is 2.89. The Morgan fingerprint density at radius 2 is 1.66 bits per heavy atom. The van der Waals surface area contributed by atoms with E-state index in [1.165, 1.54) is 11.1 Å². The normalized spacial score (nSPS) is 13.7. The fourth-order valence-electron chi connectivity index (χ4n) is 4.37. The summed E-state index contributed by atoms with van der Waals surface area (Å²) in [6.45, 7) is 1.91. The number of carbonyl (C=O) groups is 2. The molecule has 0 radical (unpaired) electrons. The van der Waals surface area contributed by atoms with Crippen LogP contribution in [0.15, 0.2) is 72.8 Å². The molecule has 7 nitrogen and oxygen atoms in total. The molecule has 0 unspecified atom stereocenters. The zero-order chi connectivity index (χ0) is 24.8. The SMILES string of the molecule is CN(C)c1ccc([C@H](CNC(=O)C(=O)Nc2ccccc2C#N)N2CCc3ccccc3C2)cc1. The number of amides is 2. The van der Waals surface area contributed by atoms with Crippen molar-refractivity contribution >= 4 is 23.2 Å². The minimum atomic E-state index is -0.793. The van der Waals surface area contributed by atoms with Crippen LogP contribution in [0.25, 0.3) is 0 Å². The van der Waals surface area contributed by atoms with E-state index in [0.29, 0.717) is 11.3 Å². The van der Waals surface area contributed by atoms with Gasteiger partial charge in [-0.1, -0.05) is 48.5 Å². The lowest BCUT2D eigenvalue weighted by Gasteiger charge is -2.36. The Morgan fingerprint density at radius 1 is 0.971 bits per heavy atom. The fourth-order valence-corrected chi connectivity index (χ4v) is 4.37. The van der Waals surface area contributed by atoms with E-state index in [4.69, 9.17) is 0 Å². The van der Waals surface area contributed by atoms with Crippen LogP contribution in [0, 0.1) is 11.3 Å². The highest BCUT2D eigenvalue weighted by Gasteiger charge is 2.26. The van der Waals surface area contributed by atoms with Gasteiger partial charge in [-0.3, -0.25) is 14.5 Å². The number of fused-ring (bicyclic) bond motifs is 1. The van der Waals surface area contributed by atoms with E-state index >= 15 is 0 Å². The Balaban J connectivity index is 1.50. The average molecular weight is 468 g/mol. The molecule has 3 aromatic rings. The monoisotopic (exact) mass is 467 g/mol. The molecule has 178 valence electrons. The molecule has 7 heteroatoms.